The molecule has 3 atom stereocenters. The van der Waals surface area contributed by atoms with Crippen molar-refractivity contribution in [3.63, 3.8) is 0 Å². The van der Waals surface area contributed by atoms with Gasteiger partial charge in [-0.1, -0.05) is 40.5 Å². The fraction of sp³-hybridized carbons (Fsp3) is 1.00. The van der Waals surface area contributed by atoms with Crippen LogP contribution < -0.4 is 5.73 Å². The molecule has 0 bridgehead atoms. The molecule has 0 aliphatic heterocycles. The number of rotatable bonds is 6. The van der Waals surface area contributed by atoms with Gasteiger partial charge < -0.3 is 5.73 Å². The van der Waals surface area contributed by atoms with Crippen molar-refractivity contribution in [2.45, 2.75) is 77.8 Å². The zero-order chi connectivity index (χ0) is 14.0. The van der Waals surface area contributed by atoms with E-state index in [4.69, 9.17) is 5.73 Å². The minimum Gasteiger partial charge on any atom is -0.329 e. The lowest BCUT2D eigenvalue weighted by atomic mass is 9.67. The van der Waals surface area contributed by atoms with E-state index in [9.17, 15) is 0 Å². The van der Waals surface area contributed by atoms with Crippen LogP contribution in [0.2, 0.25) is 0 Å². The van der Waals surface area contributed by atoms with Crippen LogP contribution in [0.5, 0.6) is 0 Å². The average Bonchev–Trinajstić information content (AvgIpc) is 3.18. The molecule has 2 N–H and O–H groups in total. The Kier molecular flexibility index (Phi) is 4.94. The van der Waals surface area contributed by atoms with Crippen molar-refractivity contribution in [2.24, 2.45) is 23.5 Å². The quantitative estimate of drug-likeness (QED) is 0.795. The molecule has 2 aliphatic rings. The Hall–Kier alpha value is -0.0800. The van der Waals surface area contributed by atoms with Crippen molar-refractivity contribution in [2.75, 3.05) is 13.1 Å². The average molecular weight is 266 g/mol. The molecule has 0 heterocycles. The molecule has 2 rings (SSSR count). The van der Waals surface area contributed by atoms with Gasteiger partial charge in [0.05, 0.1) is 0 Å². The molecule has 0 amide bonds. The van der Waals surface area contributed by atoms with Gasteiger partial charge in [-0.25, -0.2) is 0 Å². The van der Waals surface area contributed by atoms with Gasteiger partial charge >= 0.3 is 0 Å². The summed E-state index contributed by atoms with van der Waals surface area (Å²) in [5.41, 5.74) is 6.62. The van der Waals surface area contributed by atoms with Crippen LogP contribution in [0.1, 0.15) is 66.2 Å². The summed E-state index contributed by atoms with van der Waals surface area (Å²) in [5, 5.41) is 0. The van der Waals surface area contributed by atoms with Gasteiger partial charge in [-0.05, 0) is 50.0 Å². The van der Waals surface area contributed by atoms with Gasteiger partial charge in [-0.3, -0.25) is 4.90 Å². The van der Waals surface area contributed by atoms with Crippen molar-refractivity contribution >= 4 is 0 Å². The highest BCUT2D eigenvalue weighted by atomic mass is 15.3. The highest BCUT2D eigenvalue weighted by Crippen LogP contribution is 2.45. The standard InChI is InChI=1S/C17H34N2/c1-13(2)9-11-19(16-7-8-16)17(12-18)10-5-6-14(3)15(17)4/h13-16H,5-12,18H2,1-4H3. The van der Waals surface area contributed by atoms with E-state index < -0.39 is 0 Å². The Bertz CT molecular complexity index is 285. The van der Waals surface area contributed by atoms with Crippen LogP contribution in [-0.2, 0) is 0 Å². The first-order valence-corrected chi connectivity index (χ1v) is 8.48. The molecule has 0 aromatic rings. The second kappa shape index (κ2) is 6.13. The second-order valence-electron chi connectivity index (χ2n) is 7.57. The molecular weight excluding hydrogens is 232 g/mol. The number of hydrogen-bond donors (Lipinski definition) is 1. The van der Waals surface area contributed by atoms with Gasteiger partial charge in [0.25, 0.3) is 0 Å². The van der Waals surface area contributed by atoms with Crippen molar-refractivity contribution in [3.8, 4) is 0 Å². The van der Waals surface area contributed by atoms with Crippen molar-refractivity contribution in [1.29, 1.82) is 0 Å². The second-order valence-corrected chi connectivity index (χ2v) is 7.57. The molecule has 2 nitrogen and oxygen atoms in total. The largest absolute Gasteiger partial charge is 0.329 e. The van der Waals surface area contributed by atoms with Crippen LogP contribution in [0.15, 0.2) is 0 Å². The summed E-state index contributed by atoms with van der Waals surface area (Å²) < 4.78 is 0. The maximum absolute atomic E-state index is 6.32. The predicted octanol–water partition coefficient (Wildman–Crippen LogP) is 3.65. The van der Waals surface area contributed by atoms with E-state index in [1.54, 1.807) is 0 Å². The molecule has 0 radical (unpaired) electrons. The molecule has 0 aromatic heterocycles. The summed E-state index contributed by atoms with van der Waals surface area (Å²) in [4.78, 5) is 2.84. The first-order valence-electron chi connectivity index (χ1n) is 8.48. The third kappa shape index (κ3) is 3.16. The van der Waals surface area contributed by atoms with E-state index in [1.807, 2.05) is 0 Å². The monoisotopic (exact) mass is 266 g/mol. The molecular formula is C17H34N2. The van der Waals surface area contributed by atoms with Crippen LogP contribution in [0.3, 0.4) is 0 Å². The van der Waals surface area contributed by atoms with Crippen molar-refractivity contribution in [1.82, 2.24) is 4.90 Å². The molecule has 112 valence electrons. The van der Waals surface area contributed by atoms with Crippen molar-refractivity contribution < 1.29 is 0 Å². The zero-order valence-electron chi connectivity index (χ0n) is 13.5. The van der Waals surface area contributed by atoms with Crippen LogP contribution in [-0.4, -0.2) is 29.6 Å². The van der Waals surface area contributed by atoms with E-state index >= 15 is 0 Å². The first-order chi connectivity index (χ1) is 9.01. The van der Waals surface area contributed by atoms with Gasteiger partial charge in [-0.15, -0.1) is 0 Å². The van der Waals surface area contributed by atoms with Gasteiger partial charge in [0, 0.05) is 18.1 Å². The summed E-state index contributed by atoms with van der Waals surface area (Å²) in [6, 6.07) is 0.843. The Morgan fingerprint density at radius 3 is 2.42 bits per heavy atom. The molecule has 3 unspecified atom stereocenters. The Balaban J connectivity index is 2.15. The predicted molar refractivity (Wildman–Crippen MR) is 83.1 cm³/mol. The normalized spacial score (nSPS) is 36.2. The van der Waals surface area contributed by atoms with E-state index in [2.05, 4.69) is 32.6 Å². The number of nitrogens with zero attached hydrogens (tertiary/aromatic N) is 1. The summed E-state index contributed by atoms with van der Waals surface area (Å²) in [6.07, 6.45) is 8.21. The third-order valence-electron chi connectivity index (χ3n) is 5.83. The summed E-state index contributed by atoms with van der Waals surface area (Å²) in [6.45, 7) is 11.7. The minimum absolute atomic E-state index is 0.299. The van der Waals surface area contributed by atoms with Gasteiger partial charge in [0.2, 0.25) is 0 Å². The van der Waals surface area contributed by atoms with Gasteiger partial charge in [0.15, 0.2) is 0 Å². The zero-order valence-corrected chi connectivity index (χ0v) is 13.5. The molecule has 0 aromatic carbocycles. The highest BCUT2D eigenvalue weighted by molar-refractivity contribution is 5.04. The molecule has 0 saturated heterocycles. The Morgan fingerprint density at radius 2 is 1.89 bits per heavy atom. The SMILES string of the molecule is CC(C)CCN(C1CC1)C1(CN)CCCC(C)C1C. The molecule has 0 spiro atoms. The summed E-state index contributed by atoms with van der Waals surface area (Å²) >= 11 is 0. The summed E-state index contributed by atoms with van der Waals surface area (Å²) in [7, 11) is 0. The maximum Gasteiger partial charge on any atom is 0.0362 e. The molecule has 2 fully saturated rings. The third-order valence-corrected chi connectivity index (χ3v) is 5.83. The van der Waals surface area contributed by atoms with Crippen molar-refractivity contribution in [3.05, 3.63) is 0 Å². The molecule has 2 heteroatoms. The fourth-order valence-corrected chi connectivity index (χ4v) is 4.10. The maximum atomic E-state index is 6.32. The Morgan fingerprint density at radius 1 is 1.21 bits per heavy atom. The lowest BCUT2D eigenvalue weighted by Crippen LogP contribution is -2.62. The first kappa shape index (κ1) is 15.3. The lowest BCUT2D eigenvalue weighted by Gasteiger charge is -2.53. The number of nitrogens with two attached hydrogens (primary N) is 1. The van der Waals surface area contributed by atoms with Crippen LogP contribution in [0, 0.1) is 17.8 Å². The number of hydrogen-bond acceptors (Lipinski definition) is 2. The Labute approximate surface area is 120 Å². The van der Waals surface area contributed by atoms with Gasteiger partial charge in [0.1, 0.15) is 0 Å². The molecule has 2 saturated carbocycles. The fourth-order valence-electron chi connectivity index (χ4n) is 4.10. The highest BCUT2D eigenvalue weighted by Gasteiger charge is 2.49. The topological polar surface area (TPSA) is 29.3 Å². The van der Waals surface area contributed by atoms with E-state index in [1.165, 1.54) is 45.1 Å². The van der Waals surface area contributed by atoms with Gasteiger partial charge in [-0.2, -0.15) is 0 Å². The smallest absolute Gasteiger partial charge is 0.0362 e. The lowest BCUT2D eigenvalue weighted by molar-refractivity contribution is -0.0192. The molecule has 19 heavy (non-hydrogen) atoms. The minimum atomic E-state index is 0.299. The molecule has 2 aliphatic carbocycles. The van der Waals surface area contributed by atoms with E-state index in [0.717, 1.165) is 30.3 Å². The van der Waals surface area contributed by atoms with Crippen LogP contribution in [0.4, 0.5) is 0 Å². The van der Waals surface area contributed by atoms with Crippen LogP contribution in [0.25, 0.3) is 0 Å². The van der Waals surface area contributed by atoms with Crippen LogP contribution >= 0.6 is 0 Å². The van der Waals surface area contributed by atoms with E-state index in [-0.39, 0.29) is 0 Å². The van der Waals surface area contributed by atoms with E-state index in [0.29, 0.717) is 5.54 Å². The summed E-state index contributed by atoms with van der Waals surface area (Å²) in [5.74, 6) is 2.38.